The van der Waals surface area contributed by atoms with Crippen molar-refractivity contribution < 1.29 is 9.53 Å². The van der Waals surface area contributed by atoms with E-state index < -0.39 is 0 Å². The Morgan fingerprint density at radius 3 is 2.72 bits per heavy atom. The lowest BCUT2D eigenvalue weighted by Crippen LogP contribution is -2.45. The van der Waals surface area contributed by atoms with Gasteiger partial charge in [0.15, 0.2) is 0 Å². The first-order valence-electron chi connectivity index (χ1n) is 8.57. The number of piperidine rings is 1. The highest BCUT2D eigenvalue weighted by atomic mass is 16.5. The minimum absolute atomic E-state index is 0.0558. The molecular weight excluding hydrogens is 316 g/mol. The van der Waals surface area contributed by atoms with Gasteiger partial charge in [0.05, 0.1) is 7.11 Å². The molecule has 0 bridgehead atoms. The second-order valence-corrected chi connectivity index (χ2v) is 6.41. The van der Waals surface area contributed by atoms with E-state index in [4.69, 9.17) is 4.74 Å². The molecule has 6 heteroatoms. The number of nitrogens with one attached hydrogen (secondary N) is 1. The normalized spacial score (nSPS) is 15.1. The molecule has 1 aromatic heterocycles. The quantitative estimate of drug-likeness (QED) is 0.926. The Balaban J connectivity index is 1.56. The fourth-order valence-corrected chi connectivity index (χ4v) is 2.92. The molecule has 132 valence electrons. The molecule has 1 aliphatic heterocycles. The Morgan fingerprint density at radius 2 is 2.04 bits per heavy atom. The van der Waals surface area contributed by atoms with Crippen LogP contribution in [-0.4, -0.2) is 42.1 Å². The van der Waals surface area contributed by atoms with E-state index >= 15 is 0 Å². The molecular formula is C19H24N4O2. The lowest BCUT2D eigenvalue weighted by atomic mass is 10.0. The zero-order valence-corrected chi connectivity index (χ0v) is 15.0. The van der Waals surface area contributed by atoms with E-state index in [1.165, 1.54) is 0 Å². The van der Waals surface area contributed by atoms with E-state index in [0.717, 1.165) is 43.1 Å². The molecule has 1 N–H and O–H groups in total. The van der Waals surface area contributed by atoms with Crippen LogP contribution in [0.1, 0.15) is 34.5 Å². The number of rotatable bonds is 4. The van der Waals surface area contributed by atoms with Crippen molar-refractivity contribution in [2.45, 2.75) is 32.7 Å². The van der Waals surface area contributed by atoms with Gasteiger partial charge in [-0.25, -0.2) is 9.97 Å². The summed E-state index contributed by atoms with van der Waals surface area (Å²) in [6.07, 6.45) is 3.63. The fourth-order valence-electron chi connectivity index (χ4n) is 2.92. The van der Waals surface area contributed by atoms with Gasteiger partial charge < -0.3 is 15.0 Å². The Bertz CT molecular complexity index is 755. The first kappa shape index (κ1) is 17.2. The molecule has 3 rings (SSSR count). The number of carbonyl (C=O) groups is 1. The van der Waals surface area contributed by atoms with Crippen LogP contribution in [0.25, 0.3) is 0 Å². The molecule has 0 radical (unpaired) electrons. The summed E-state index contributed by atoms with van der Waals surface area (Å²) in [6.45, 7) is 5.69. The van der Waals surface area contributed by atoms with Crippen LogP contribution in [0.3, 0.4) is 0 Å². The van der Waals surface area contributed by atoms with E-state index in [0.29, 0.717) is 11.3 Å². The second kappa shape index (κ2) is 7.51. The van der Waals surface area contributed by atoms with E-state index in [2.05, 4.69) is 20.2 Å². The van der Waals surface area contributed by atoms with Crippen LogP contribution in [-0.2, 0) is 0 Å². The van der Waals surface area contributed by atoms with Crippen molar-refractivity contribution in [3.8, 4) is 5.75 Å². The molecule has 0 atom stereocenters. The van der Waals surface area contributed by atoms with Crippen molar-refractivity contribution in [2.75, 3.05) is 25.1 Å². The maximum atomic E-state index is 12.4. The average Bonchev–Trinajstić information content (AvgIpc) is 2.64. The first-order chi connectivity index (χ1) is 12.1. The summed E-state index contributed by atoms with van der Waals surface area (Å²) in [6, 6.07) is 7.39. The van der Waals surface area contributed by atoms with E-state index in [9.17, 15) is 4.79 Å². The summed E-state index contributed by atoms with van der Waals surface area (Å²) < 4.78 is 5.18. The van der Waals surface area contributed by atoms with Crippen molar-refractivity contribution in [3.63, 3.8) is 0 Å². The lowest BCUT2D eigenvalue weighted by molar-refractivity contribution is 0.0930. The summed E-state index contributed by atoms with van der Waals surface area (Å²) in [7, 11) is 1.60. The largest absolute Gasteiger partial charge is 0.497 e. The highest BCUT2D eigenvalue weighted by Crippen LogP contribution is 2.18. The number of methoxy groups -OCH3 is 1. The first-order valence-corrected chi connectivity index (χ1v) is 8.57. The molecule has 1 fully saturated rings. The van der Waals surface area contributed by atoms with Gasteiger partial charge in [-0.1, -0.05) is 6.07 Å². The van der Waals surface area contributed by atoms with Crippen LogP contribution < -0.4 is 15.0 Å². The van der Waals surface area contributed by atoms with Crippen LogP contribution in [0.4, 0.5) is 5.95 Å². The lowest BCUT2D eigenvalue weighted by Gasteiger charge is -2.32. The van der Waals surface area contributed by atoms with E-state index in [-0.39, 0.29) is 11.9 Å². The van der Waals surface area contributed by atoms with Crippen molar-refractivity contribution in [1.29, 1.82) is 0 Å². The van der Waals surface area contributed by atoms with Crippen molar-refractivity contribution >= 4 is 11.9 Å². The number of aromatic nitrogens is 2. The Hall–Kier alpha value is -2.63. The minimum Gasteiger partial charge on any atom is -0.497 e. The molecule has 1 amide bonds. The number of nitrogens with zero attached hydrogens (tertiary/aromatic N) is 3. The Labute approximate surface area is 148 Å². The summed E-state index contributed by atoms with van der Waals surface area (Å²) in [5, 5.41) is 3.12. The van der Waals surface area contributed by atoms with Crippen molar-refractivity contribution in [2.24, 2.45) is 0 Å². The second-order valence-electron chi connectivity index (χ2n) is 6.41. The third-order valence-corrected chi connectivity index (χ3v) is 4.66. The minimum atomic E-state index is -0.0558. The topological polar surface area (TPSA) is 67.3 Å². The molecule has 1 saturated heterocycles. The summed E-state index contributed by atoms with van der Waals surface area (Å²) in [4.78, 5) is 23.6. The van der Waals surface area contributed by atoms with Gasteiger partial charge in [0, 0.05) is 36.6 Å². The maximum absolute atomic E-state index is 12.4. The molecule has 0 aliphatic carbocycles. The monoisotopic (exact) mass is 340 g/mol. The molecule has 1 aromatic carbocycles. The van der Waals surface area contributed by atoms with Crippen molar-refractivity contribution in [3.05, 3.63) is 47.3 Å². The zero-order chi connectivity index (χ0) is 17.8. The van der Waals surface area contributed by atoms with Crippen molar-refractivity contribution in [1.82, 2.24) is 15.3 Å². The third kappa shape index (κ3) is 4.07. The van der Waals surface area contributed by atoms with Gasteiger partial charge >= 0.3 is 0 Å². The number of ether oxygens (including phenoxy) is 1. The molecule has 25 heavy (non-hydrogen) atoms. The molecule has 0 saturated carbocycles. The van der Waals surface area contributed by atoms with Gasteiger partial charge in [0.2, 0.25) is 5.95 Å². The number of anilines is 1. The van der Waals surface area contributed by atoms with Crippen LogP contribution in [0, 0.1) is 13.8 Å². The number of amides is 1. The maximum Gasteiger partial charge on any atom is 0.251 e. The fraction of sp³-hybridized carbons (Fsp3) is 0.421. The van der Waals surface area contributed by atoms with E-state index in [1.807, 2.05) is 32.2 Å². The van der Waals surface area contributed by atoms with Crippen LogP contribution >= 0.6 is 0 Å². The predicted molar refractivity (Wildman–Crippen MR) is 97.2 cm³/mol. The number of hydrogen-bond acceptors (Lipinski definition) is 5. The predicted octanol–water partition coefficient (Wildman–Crippen LogP) is 2.50. The van der Waals surface area contributed by atoms with Crippen LogP contribution in [0.15, 0.2) is 30.5 Å². The van der Waals surface area contributed by atoms with Crippen LogP contribution in [0.2, 0.25) is 0 Å². The van der Waals surface area contributed by atoms with Gasteiger partial charge in [-0.3, -0.25) is 4.79 Å². The van der Waals surface area contributed by atoms with Gasteiger partial charge in [-0.2, -0.15) is 0 Å². The van der Waals surface area contributed by atoms with E-state index in [1.54, 1.807) is 19.2 Å². The molecule has 0 unspecified atom stereocenters. The standard InChI is InChI=1S/C19H24N4O2/c1-13-12-20-19(21-14(13)2)23-9-7-16(8-10-23)22-18(24)15-5-4-6-17(11-15)25-3/h4-6,11-12,16H,7-10H2,1-3H3,(H,22,24). The number of carbonyl (C=O) groups excluding carboxylic acids is 1. The summed E-state index contributed by atoms with van der Waals surface area (Å²) >= 11 is 0. The number of aryl methyl sites for hydroxylation is 2. The molecule has 2 heterocycles. The van der Waals surface area contributed by atoms with Gasteiger partial charge in [-0.15, -0.1) is 0 Å². The zero-order valence-electron chi connectivity index (χ0n) is 15.0. The van der Waals surface area contributed by atoms with Gasteiger partial charge in [0.1, 0.15) is 5.75 Å². The average molecular weight is 340 g/mol. The highest BCUT2D eigenvalue weighted by molar-refractivity contribution is 5.94. The van der Waals surface area contributed by atoms with Crippen LogP contribution in [0.5, 0.6) is 5.75 Å². The molecule has 0 spiro atoms. The number of benzene rings is 1. The molecule has 1 aliphatic rings. The summed E-state index contributed by atoms with van der Waals surface area (Å²) in [5.41, 5.74) is 2.74. The van der Waals surface area contributed by atoms with Gasteiger partial charge in [-0.05, 0) is 50.5 Å². The molecule has 2 aromatic rings. The summed E-state index contributed by atoms with van der Waals surface area (Å²) in [5.74, 6) is 1.41. The van der Waals surface area contributed by atoms with Gasteiger partial charge in [0.25, 0.3) is 5.91 Å². The highest BCUT2D eigenvalue weighted by Gasteiger charge is 2.23. The Kier molecular flexibility index (Phi) is 5.16. The smallest absolute Gasteiger partial charge is 0.251 e. The number of hydrogen-bond donors (Lipinski definition) is 1. The Morgan fingerprint density at radius 1 is 1.28 bits per heavy atom. The molecule has 6 nitrogen and oxygen atoms in total. The third-order valence-electron chi connectivity index (χ3n) is 4.66. The SMILES string of the molecule is COc1cccc(C(=O)NC2CCN(c3ncc(C)c(C)n3)CC2)c1.